The van der Waals surface area contributed by atoms with Gasteiger partial charge in [-0.25, -0.2) is 0 Å². The summed E-state index contributed by atoms with van der Waals surface area (Å²) < 4.78 is -0.910. The number of hydrogen-bond donors (Lipinski definition) is 0. The van der Waals surface area contributed by atoms with Gasteiger partial charge in [0.2, 0.25) is 0 Å². The molecule has 0 aliphatic carbocycles. The highest BCUT2D eigenvalue weighted by atomic mass is 35.6. The quantitative estimate of drug-likeness (QED) is 0.227. The van der Waals surface area contributed by atoms with Crippen molar-refractivity contribution in [3.8, 4) is 0 Å². The lowest BCUT2D eigenvalue weighted by Gasteiger charge is -2.28. The fraction of sp³-hybridized carbons (Fsp3) is 1.00. The topological polar surface area (TPSA) is 0 Å². The van der Waals surface area contributed by atoms with Gasteiger partial charge < -0.3 is 0 Å². The molecule has 5 heteroatoms. The Morgan fingerprint density at radius 3 is 2.05 bits per heavy atom. The van der Waals surface area contributed by atoms with Gasteiger partial charge >= 0.3 is 0 Å². The third kappa shape index (κ3) is 13.2. The Bertz CT molecular complexity index is 246. The second-order valence-corrected chi connectivity index (χ2v) is 12.3. The first-order valence-electron chi connectivity index (χ1n) is 7.46. The lowest BCUT2D eigenvalue weighted by Crippen LogP contribution is -2.21. The summed E-state index contributed by atoms with van der Waals surface area (Å²) in [6.45, 7) is 11.2. The van der Waals surface area contributed by atoms with Crippen LogP contribution in [0.15, 0.2) is 0 Å². The molecule has 0 fully saturated rings. The molecule has 0 radical (unpaired) electrons. The average molecular weight is 380 g/mol. The lowest BCUT2D eigenvalue weighted by atomic mass is 9.97. The molecule has 0 saturated heterocycles. The van der Waals surface area contributed by atoms with E-state index >= 15 is 0 Å². The molecule has 0 saturated carbocycles. The van der Waals surface area contributed by atoms with Gasteiger partial charge in [0.05, 0.1) is 0 Å². The van der Waals surface area contributed by atoms with E-state index in [-0.39, 0.29) is 4.75 Å². The molecule has 0 nitrogen and oxygen atoms in total. The SMILES string of the molecule is CCCCCCC(C)[C@@H](CC(Cl)(Cl)Cl)SSC(C)(C)C. The summed E-state index contributed by atoms with van der Waals surface area (Å²) in [4.78, 5) is 0. The number of rotatable bonds is 9. The molecule has 0 amide bonds. The fourth-order valence-electron chi connectivity index (χ4n) is 1.84. The van der Waals surface area contributed by atoms with Crippen LogP contribution in [0.3, 0.4) is 0 Å². The Labute approximate surface area is 148 Å². The van der Waals surface area contributed by atoms with Crippen LogP contribution in [0.25, 0.3) is 0 Å². The van der Waals surface area contributed by atoms with Crippen LogP contribution in [-0.4, -0.2) is 13.8 Å². The van der Waals surface area contributed by atoms with Crippen molar-refractivity contribution in [1.29, 1.82) is 0 Å². The zero-order chi connectivity index (χ0) is 15.8. The van der Waals surface area contributed by atoms with Crippen LogP contribution in [0, 0.1) is 5.92 Å². The molecule has 0 aliphatic rings. The van der Waals surface area contributed by atoms with Crippen molar-refractivity contribution < 1.29 is 0 Å². The van der Waals surface area contributed by atoms with Crippen molar-refractivity contribution in [1.82, 2.24) is 0 Å². The van der Waals surface area contributed by atoms with Crippen LogP contribution in [0.5, 0.6) is 0 Å². The maximum Gasteiger partial charge on any atom is 0.191 e. The van der Waals surface area contributed by atoms with Crippen molar-refractivity contribution in [2.45, 2.75) is 86.9 Å². The maximum absolute atomic E-state index is 6.01. The first-order chi connectivity index (χ1) is 9.05. The monoisotopic (exact) mass is 378 g/mol. The van der Waals surface area contributed by atoms with Gasteiger partial charge in [-0.1, -0.05) is 117 Å². The number of unbranched alkanes of at least 4 members (excludes halogenated alkanes) is 3. The summed E-state index contributed by atoms with van der Waals surface area (Å²) in [6.07, 6.45) is 7.06. The predicted molar refractivity (Wildman–Crippen MR) is 102 cm³/mol. The first-order valence-corrected chi connectivity index (χ1v) is 10.8. The molecule has 20 heavy (non-hydrogen) atoms. The molecule has 0 aromatic rings. The lowest BCUT2D eigenvalue weighted by molar-refractivity contribution is 0.462. The van der Waals surface area contributed by atoms with Crippen molar-refractivity contribution in [3.63, 3.8) is 0 Å². The molecule has 0 N–H and O–H groups in total. The summed E-state index contributed by atoms with van der Waals surface area (Å²) in [5.74, 6) is 0.585. The van der Waals surface area contributed by atoms with Crippen LogP contribution in [0.2, 0.25) is 0 Å². The van der Waals surface area contributed by atoms with E-state index in [1.165, 1.54) is 32.1 Å². The molecule has 0 aromatic heterocycles. The second-order valence-electron chi connectivity index (χ2n) is 6.48. The summed E-state index contributed by atoms with van der Waals surface area (Å²) in [6, 6.07) is 0. The first kappa shape index (κ1) is 21.6. The third-order valence-electron chi connectivity index (χ3n) is 3.00. The number of hydrogen-bond acceptors (Lipinski definition) is 2. The molecule has 0 rings (SSSR count). The van der Waals surface area contributed by atoms with Crippen molar-refractivity contribution in [2.24, 2.45) is 5.92 Å². The molecule has 0 aromatic carbocycles. The van der Waals surface area contributed by atoms with E-state index in [9.17, 15) is 0 Å². The zero-order valence-corrected chi connectivity index (χ0v) is 17.2. The van der Waals surface area contributed by atoms with E-state index in [1.54, 1.807) is 0 Å². The van der Waals surface area contributed by atoms with Gasteiger partial charge in [-0.2, -0.15) is 0 Å². The van der Waals surface area contributed by atoms with Gasteiger partial charge in [0.1, 0.15) is 0 Å². The molecular formula is C15H29Cl3S2. The highest BCUT2D eigenvalue weighted by Crippen LogP contribution is 2.46. The predicted octanol–water partition coefficient (Wildman–Crippen LogP) is 7.90. The summed E-state index contributed by atoms with van der Waals surface area (Å²) in [5.41, 5.74) is 0. The van der Waals surface area contributed by atoms with E-state index in [2.05, 4.69) is 34.6 Å². The highest BCUT2D eigenvalue weighted by Gasteiger charge is 2.30. The average Bonchev–Trinajstić information content (AvgIpc) is 2.27. The third-order valence-corrected chi connectivity index (χ3v) is 7.47. The maximum atomic E-state index is 6.01. The van der Waals surface area contributed by atoms with Gasteiger partial charge in [0.15, 0.2) is 3.79 Å². The van der Waals surface area contributed by atoms with Crippen LogP contribution in [0.1, 0.15) is 73.1 Å². The van der Waals surface area contributed by atoms with Crippen LogP contribution in [-0.2, 0) is 0 Å². The van der Waals surface area contributed by atoms with Gasteiger partial charge in [0.25, 0.3) is 0 Å². The molecule has 0 heterocycles. The minimum atomic E-state index is -1.15. The smallest absolute Gasteiger partial charge is 0.0897 e. The van der Waals surface area contributed by atoms with Crippen LogP contribution >= 0.6 is 56.4 Å². The van der Waals surface area contributed by atoms with E-state index in [1.807, 2.05) is 21.6 Å². The summed E-state index contributed by atoms with van der Waals surface area (Å²) in [5, 5.41) is 0.397. The standard InChI is InChI=1S/C15H29Cl3S2/c1-6-7-8-9-10-12(2)13(11-15(16,17)18)19-20-14(3,4)5/h12-13H,6-11H2,1-5H3/t12?,13-/m1/s1. The summed E-state index contributed by atoms with van der Waals surface area (Å²) in [7, 11) is 3.79. The molecule has 122 valence electrons. The minimum absolute atomic E-state index is 0.235. The van der Waals surface area contributed by atoms with E-state index in [4.69, 9.17) is 34.8 Å². The number of alkyl halides is 3. The Hall–Kier alpha value is 1.57. The van der Waals surface area contributed by atoms with Crippen molar-refractivity contribution in [3.05, 3.63) is 0 Å². The molecular weight excluding hydrogens is 351 g/mol. The normalized spacial score (nSPS) is 16.2. The van der Waals surface area contributed by atoms with Gasteiger partial charge in [0, 0.05) is 16.4 Å². The van der Waals surface area contributed by atoms with E-state index < -0.39 is 3.79 Å². The Kier molecular flexibility index (Phi) is 11.2. The zero-order valence-electron chi connectivity index (χ0n) is 13.3. The Morgan fingerprint density at radius 1 is 1.00 bits per heavy atom. The molecule has 0 spiro atoms. The van der Waals surface area contributed by atoms with Gasteiger partial charge in [-0.15, -0.1) is 0 Å². The second kappa shape index (κ2) is 10.4. The van der Waals surface area contributed by atoms with E-state index in [0.29, 0.717) is 17.6 Å². The summed E-state index contributed by atoms with van der Waals surface area (Å²) >= 11 is 18.0. The fourth-order valence-corrected chi connectivity index (χ4v) is 5.68. The van der Waals surface area contributed by atoms with Gasteiger partial charge in [-0.3, -0.25) is 0 Å². The molecule has 0 aliphatic heterocycles. The largest absolute Gasteiger partial charge is 0.191 e. The highest BCUT2D eigenvalue weighted by molar-refractivity contribution is 8.77. The molecule has 1 unspecified atom stereocenters. The minimum Gasteiger partial charge on any atom is -0.0897 e. The van der Waals surface area contributed by atoms with Gasteiger partial charge in [-0.05, 0) is 12.3 Å². The molecule has 0 bridgehead atoms. The Morgan fingerprint density at radius 2 is 1.60 bits per heavy atom. The van der Waals surface area contributed by atoms with Crippen molar-refractivity contribution in [2.75, 3.05) is 0 Å². The van der Waals surface area contributed by atoms with E-state index in [0.717, 1.165) is 0 Å². The number of halogens is 3. The Balaban J connectivity index is 4.35. The molecule has 2 atom stereocenters. The van der Waals surface area contributed by atoms with Crippen LogP contribution < -0.4 is 0 Å². The van der Waals surface area contributed by atoms with Crippen molar-refractivity contribution >= 4 is 56.4 Å². The van der Waals surface area contributed by atoms with Crippen LogP contribution in [0.4, 0.5) is 0 Å².